The number of hydrogen-bond donors (Lipinski definition) is 1. The summed E-state index contributed by atoms with van der Waals surface area (Å²) in [7, 11) is 0. The van der Waals surface area contributed by atoms with Gasteiger partial charge in [0, 0.05) is 18.9 Å². The first kappa shape index (κ1) is 9.44. The quantitative estimate of drug-likeness (QED) is 0.794. The maximum absolute atomic E-state index is 4.15. The minimum atomic E-state index is 0.527. The summed E-state index contributed by atoms with van der Waals surface area (Å²) in [5.74, 6) is 0.757. The fourth-order valence-corrected chi connectivity index (χ4v) is 1.99. The lowest BCUT2D eigenvalue weighted by molar-refractivity contribution is 0.144. The topological polar surface area (TPSA) is 37.8 Å². The van der Waals surface area contributed by atoms with Crippen LogP contribution in [0.15, 0.2) is 18.5 Å². The van der Waals surface area contributed by atoms with Gasteiger partial charge < -0.3 is 5.32 Å². The fourth-order valence-electron chi connectivity index (χ4n) is 1.99. The van der Waals surface area contributed by atoms with Crippen LogP contribution >= 0.6 is 0 Å². The number of anilines is 1. The summed E-state index contributed by atoms with van der Waals surface area (Å²) < 4.78 is 0. The Morgan fingerprint density at radius 1 is 1.36 bits per heavy atom. The van der Waals surface area contributed by atoms with E-state index in [1.165, 1.54) is 25.7 Å². The average Bonchev–Trinajstić information content (AvgIpc) is 2.19. The molecule has 14 heavy (non-hydrogen) atoms. The normalized spacial score (nSPS) is 18.6. The smallest absolute Gasteiger partial charge is 0.222 e. The zero-order valence-corrected chi connectivity index (χ0v) is 8.66. The molecule has 3 nitrogen and oxygen atoms in total. The van der Waals surface area contributed by atoms with Crippen LogP contribution in [0.3, 0.4) is 0 Å². The summed E-state index contributed by atoms with van der Waals surface area (Å²) in [6.45, 7) is 3.29. The first-order valence-electron chi connectivity index (χ1n) is 5.36. The molecule has 76 valence electrons. The van der Waals surface area contributed by atoms with Crippen molar-refractivity contribution in [3.8, 4) is 0 Å². The van der Waals surface area contributed by atoms with Crippen LogP contribution in [-0.2, 0) is 0 Å². The predicted octanol–water partition coefficient (Wildman–Crippen LogP) is 2.47. The van der Waals surface area contributed by atoms with Crippen LogP contribution in [0.5, 0.6) is 0 Å². The van der Waals surface area contributed by atoms with Gasteiger partial charge in [-0.3, -0.25) is 0 Å². The Bertz CT molecular complexity index is 274. The minimum absolute atomic E-state index is 0.527. The van der Waals surface area contributed by atoms with Crippen LogP contribution in [0.4, 0.5) is 5.95 Å². The molecule has 1 saturated carbocycles. The average molecular weight is 191 g/mol. The summed E-state index contributed by atoms with van der Waals surface area (Å²) in [6, 6.07) is 1.84. The molecule has 3 heteroatoms. The number of rotatable bonds is 4. The molecule has 0 aliphatic heterocycles. The highest BCUT2D eigenvalue weighted by molar-refractivity contribution is 5.23. The Morgan fingerprint density at radius 3 is 2.57 bits per heavy atom. The molecule has 2 rings (SSSR count). The van der Waals surface area contributed by atoms with Gasteiger partial charge in [0.2, 0.25) is 5.95 Å². The Kier molecular flexibility index (Phi) is 2.66. The van der Waals surface area contributed by atoms with E-state index >= 15 is 0 Å². The van der Waals surface area contributed by atoms with Crippen LogP contribution in [0.25, 0.3) is 0 Å². The molecule has 1 aromatic heterocycles. The van der Waals surface area contributed by atoms with Crippen molar-refractivity contribution in [2.45, 2.75) is 32.6 Å². The van der Waals surface area contributed by atoms with Crippen molar-refractivity contribution in [1.29, 1.82) is 0 Å². The van der Waals surface area contributed by atoms with Crippen molar-refractivity contribution in [3.05, 3.63) is 18.5 Å². The van der Waals surface area contributed by atoms with E-state index in [4.69, 9.17) is 0 Å². The summed E-state index contributed by atoms with van der Waals surface area (Å²) >= 11 is 0. The second-order valence-electron chi connectivity index (χ2n) is 4.13. The highest BCUT2D eigenvalue weighted by Gasteiger charge is 2.34. The van der Waals surface area contributed by atoms with Gasteiger partial charge in [-0.25, -0.2) is 9.97 Å². The van der Waals surface area contributed by atoms with Crippen molar-refractivity contribution < 1.29 is 0 Å². The van der Waals surface area contributed by atoms with E-state index in [1.807, 2.05) is 6.07 Å². The Hall–Kier alpha value is -1.12. The van der Waals surface area contributed by atoms with E-state index in [1.54, 1.807) is 12.4 Å². The molecule has 0 amide bonds. The van der Waals surface area contributed by atoms with Gasteiger partial charge in [-0.15, -0.1) is 0 Å². The summed E-state index contributed by atoms with van der Waals surface area (Å²) in [6.07, 6.45) is 8.88. The Balaban J connectivity index is 1.88. The predicted molar refractivity (Wildman–Crippen MR) is 57.1 cm³/mol. The van der Waals surface area contributed by atoms with E-state index in [0.717, 1.165) is 12.5 Å². The molecule has 0 saturated heterocycles. The van der Waals surface area contributed by atoms with Crippen molar-refractivity contribution in [2.75, 3.05) is 11.9 Å². The molecule has 0 bridgehead atoms. The molecular weight excluding hydrogens is 174 g/mol. The second kappa shape index (κ2) is 3.95. The maximum Gasteiger partial charge on any atom is 0.222 e. The van der Waals surface area contributed by atoms with E-state index < -0.39 is 0 Å². The molecule has 0 spiro atoms. The molecule has 0 radical (unpaired) electrons. The molecule has 0 aromatic carbocycles. The molecule has 1 aromatic rings. The lowest BCUT2D eigenvalue weighted by Crippen LogP contribution is -2.36. The standard InChI is InChI=1S/C11H17N3/c1-2-11(5-3-6-11)9-14-10-12-7-4-8-13-10/h4,7-8H,2-3,5-6,9H2,1H3,(H,12,13,14). The summed E-state index contributed by atoms with van der Waals surface area (Å²) in [5.41, 5.74) is 0.527. The highest BCUT2D eigenvalue weighted by atomic mass is 15.1. The molecule has 1 fully saturated rings. The largest absolute Gasteiger partial charge is 0.354 e. The monoisotopic (exact) mass is 191 g/mol. The highest BCUT2D eigenvalue weighted by Crippen LogP contribution is 2.43. The van der Waals surface area contributed by atoms with Crippen LogP contribution in [0.1, 0.15) is 32.6 Å². The van der Waals surface area contributed by atoms with E-state index in [9.17, 15) is 0 Å². The van der Waals surface area contributed by atoms with Gasteiger partial charge in [-0.2, -0.15) is 0 Å². The summed E-state index contributed by atoms with van der Waals surface area (Å²) in [4.78, 5) is 8.30. The first-order chi connectivity index (χ1) is 6.85. The van der Waals surface area contributed by atoms with Crippen LogP contribution in [-0.4, -0.2) is 16.5 Å². The van der Waals surface area contributed by atoms with E-state index in [2.05, 4.69) is 22.2 Å². The van der Waals surface area contributed by atoms with E-state index in [0.29, 0.717) is 5.41 Å². The number of hydrogen-bond acceptors (Lipinski definition) is 3. The van der Waals surface area contributed by atoms with Gasteiger partial charge in [0.15, 0.2) is 0 Å². The lowest BCUT2D eigenvalue weighted by Gasteiger charge is -2.41. The number of nitrogens with one attached hydrogen (secondary N) is 1. The molecular formula is C11H17N3. The van der Waals surface area contributed by atoms with E-state index in [-0.39, 0.29) is 0 Å². The number of nitrogens with zero attached hydrogens (tertiary/aromatic N) is 2. The third kappa shape index (κ3) is 1.86. The van der Waals surface area contributed by atoms with Crippen molar-refractivity contribution in [3.63, 3.8) is 0 Å². The van der Waals surface area contributed by atoms with Gasteiger partial charge >= 0.3 is 0 Å². The van der Waals surface area contributed by atoms with Crippen molar-refractivity contribution in [2.24, 2.45) is 5.41 Å². The SMILES string of the molecule is CCC1(CNc2ncccn2)CCC1. The maximum atomic E-state index is 4.15. The van der Waals surface area contributed by atoms with Gasteiger partial charge in [-0.05, 0) is 30.7 Å². The fraction of sp³-hybridized carbons (Fsp3) is 0.636. The zero-order valence-electron chi connectivity index (χ0n) is 8.66. The van der Waals surface area contributed by atoms with Crippen LogP contribution < -0.4 is 5.32 Å². The van der Waals surface area contributed by atoms with Crippen LogP contribution in [0.2, 0.25) is 0 Å². The Labute approximate surface area is 85.0 Å². The van der Waals surface area contributed by atoms with Crippen molar-refractivity contribution >= 4 is 5.95 Å². The van der Waals surface area contributed by atoms with Gasteiger partial charge in [0.05, 0.1) is 0 Å². The van der Waals surface area contributed by atoms with Crippen molar-refractivity contribution in [1.82, 2.24) is 9.97 Å². The van der Waals surface area contributed by atoms with Gasteiger partial charge in [0.25, 0.3) is 0 Å². The third-order valence-electron chi connectivity index (χ3n) is 3.35. The Morgan fingerprint density at radius 2 is 2.07 bits per heavy atom. The summed E-state index contributed by atoms with van der Waals surface area (Å²) in [5, 5.41) is 3.32. The zero-order chi connectivity index (χ0) is 9.86. The first-order valence-corrected chi connectivity index (χ1v) is 5.36. The lowest BCUT2D eigenvalue weighted by atomic mass is 9.67. The molecule has 1 aliphatic rings. The molecule has 0 unspecified atom stereocenters. The third-order valence-corrected chi connectivity index (χ3v) is 3.35. The molecule has 1 aliphatic carbocycles. The van der Waals surface area contributed by atoms with Gasteiger partial charge in [0.1, 0.15) is 0 Å². The van der Waals surface area contributed by atoms with Crippen LogP contribution in [0, 0.1) is 5.41 Å². The minimum Gasteiger partial charge on any atom is -0.354 e. The molecule has 1 N–H and O–H groups in total. The second-order valence-corrected chi connectivity index (χ2v) is 4.13. The molecule has 0 atom stereocenters. The van der Waals surface area contributed by atoms with Gasteiger partial charge in [-0.1, -0.05) is 13.3 Å². The molecule has 1 heterocycles. The number of aromatic nitrogens is 2.